The third-order valence-corrected chi connectivity index (χ3v) is 5.60. The lowest BCUT2D eigenvalue weighted by molar-refractivity contribution is -0.123. The number of ether oxygens (including phenoxy) is 1. The second kappa shape index (κ2) is 6.69. The van der Waals surface area contributed by atoms with Gasteiger partial charge in [0.05, 0.1) is 11.5 Å². The van der Waals surface area contributed by atoms with Crippen LogP contribution in [0, 0.1) is 6.92 Å². The zero-order chi connectivity index (χ0) is 16.3. The molecular weight excluding hydrogens is 302 g/mol. The summed E-state index contributed by atoms with van der Waals surface area (Å²) < 4.78 is 28.3. The highest BCUT2D eigenvalue weighted by atomic mass is 32.2. The maximum absolute atomic E-state index is 11.9. The Kier molecular flexibility index (Phi) is 5.11. The van der Waals surface area contributed by atoms with Gasteiger partial charge in [-0.2, -0.15) is 0 Å². The van der Waals surface area contributed by atoms with Crippen LogP contribution in [0.2, 0.25) is 0 Å². The van der Waals surface area contributed by atoms with Crippen molar-refractivity contribution >= 4 is 15.7 Å². The second-order valence-electron chi connectivity index (χ2n) is 6.14. The van der Waals surface area contributed by atoms with Crippen LogP contribution in [0.1, 0.15) is 37.3 Å². The summed E-state index contributed by atoms with van der Waals surface area (Å²) in [5.41, 5.74) is 2.13. The van der Waals surface area contributed by atoms with Crippen molar-refractivity contribution in [2.75, 3.05) is 18.1 Å². The molecule has 0 bridgehead atoms. The number of carbonyl (C=O) groups is 1. The summed E-state index contributed by atoms with van der Waals surface area (Å²) in [6, 6.07) is 5.69. The van der Waals surface area contributed by atoms with Crippen molar-refractivity contribution < 1.29 is 17.9 Å². The van der Waals surface area contributed by atoms with Gasteiger partial charge in [-0.05, 0) is 36.5 Å². The monoisotopic (exact) mass is 325 g/mol. The predicted molar refractivity (Wildman–Crippen MR) is 86.0 cm³/mol. The van der Waals surface area contributed by atoms with Crippen LogP contribution in [-0.2, 0) is 14.6 Å². The van der Waals surface area contributed by atoms with Crippen molar-refractivity contribution in [1.82, 2.24) is 5.32 Å². The molecule has 0 saturated carbocycles. The van der Waals surface area contributed by atoms with Crippen molar-refractivity contribution in [3.63, 3.8) is 0 Å². The van der Waals surface area contributed by atoms with Crippen molar-refractivity contribution in [2.24, 2.45) is 0 Å². The van der Waals surface area contributed by atoms with Gasteiger partial charge in [-0.1, -0.05) is 26.0 Å². The zero-order valence-electron chi connectivity index (χ0n) is 13.3. The van der Waals surface area contributed by atoms with Gasteiger partial charge in [0.2, 0.25) is 0 Å². The first kappa shape index (κ1) is 16.8. The van der Waals surface area contributed by atoms with Gasteiger partial charge < -0.3 is 10.1 Å². The van der Waals surface area contributed by atoms with Crippen LogP contribution >= 0.6 is 0 Å². The minimum atomic E-state index is -2.99. The summed E-state index contributed by atoms with van der Waals surface area (Å²) in [7, 11) is -2.99. The number of nitrogens with one attached hydrogen (secondary N) is 1. The molecule has 22 heavy (non-hydrogen) atoms. The molecule has 5 nitrogen and oxygen atoms in total. The standard InChI is InChI=1S/C16H23NO4S/c1-11(2)13-5-4-12(3)15(8-13)21-9-16(18)17-14-6-7-22(19,20)10-14/h4-5,8,11,14H,6-7,9-10H2,1-3H3,(H,17,18). The van der Waals surface area contributed by atoms with Crippen LogP contribution in [-0.4, -0.2) is 38.5 Å². The summed E-state index contributed by atoms with van der Waals surface area (Å²) >= 11 is 0. The number of amides is 1. The maximum atomic E-state index is 11.9. The first-order valence-corrected chi connectivity index (χ1v) is 9.32. The molecule has 1 aliphatic heterocycles. The molecular formula is C16H23NO4S. The van der Waals surface area contributed by atoms with E-state index >= 15 is 0 Å². The number of rotatable bonds is 5. The number of hydrogen-bond acceptors (Lipinski definition) is 4. The summed E-state index contributed by atoms with van der Waals surface area (Å²) in [6.07, 6.45) is 0.482. The van der Waals surface area contributed by atoms with E-state index < -0.39 is 9.84 Å². The third kappa shape index (κ3) is 4.47. The van der Waals surface area contributed by atoms with Crippen molar-refractivity contribution in [2.45, 2.75) is 39.2 Å². The summed E-state index contributed by atoms with van der Waals surface area (Å²) in [5, 5.41) is 2.72. The highest BCUT2D eigenvalue weighted by Gasteiger charge is 2.28. The van der Waals surface area contributed by atoms with Gasteiger partial charge in [0.1, 0.15) is 5.75 Å². The fraction of sp³-hybridized carbons (Fsp3) is 0.562. The van der Waals surface area contributed by atoms with E-state index in [0.717, 1.165) is 11.1 Å². The SMILES string of the molecule is Cc1ccc(C(C)C)cc1OCC(=O)NC1CCS(=O)(=O)C1. The van der Waals surface area contributed by atoms with Crippen LogP contribution in [0.4, 0.5) is 0 Å². The van der Waals surface area contributed by atoms with Crippen LogP contribution in [0.15, 0.2) is 18.2 Å². The van der Waals surface area contributed by atoms with Gasteiger partial charge in [0.25, 0.3) is 5.91 Å². The third-order valence-electron chi connectivity index (χ3n) is 3.84. The second-order valence-corrected chi connectivity index (χ2v) is 8.36. The Morgan fingerprint density at radius 3 is 2.73 bits per heavy atom. The van der Waals surface area contributed by atoms with Crippen molar-refractivity contribution in [3.05, 3.63) is 29.3 Å². The molecule has 1 heterocycles. The van der Waals surface area contributed by atoms with Crippen molar-refractivity contribution in [3.8, 4) is 5.75 Å². The molecule has 1 saturated heterocycles. The molecule has 0 spiro atoms. The van der Waals surface area contributed by atoms with E-state index in [-0.39, 0.29) is 30.1 Å². The first-order valence-electron chi connectivity index (χ1n) is 7.50. The molecule has 0 aromatic heterocycles. The molecule has 6 heteroatoms. The Morgan fingerprint density at radius 2 is 2.14 bits per heavy atom. The van der Waals surface area contributed by atoms with E-state index in [0.29, 0.717) is 18.1 Å². The van der Waals surface area contributed by atoms with Crippen LogP contribution in [0.3, 0.4) is 0 Å². The topological polar surface area (TPSA) is 72.5 Å². The molecule has 1 aromatic rings. The van der Waals surface area contributed by atoms with Gasteiger partial charge in [-0.3, -0.25) is 4.79 Å². The number of hydrogen-bond donors (Lipinski definition) is 1. The van der Waals surface area contributed by atoms with Gasteiger partial charge in [0, 0.05) is 6.04 Å². The van der Waals surface area contributed by atoms with E-state index in [1.54, 1.807) is 0 Å². The summed E-state index contributed by atoms with van der Waals surface area (Å²) in [5.74, 6) is 0.979. The average Bonchev–Trinajstić information content (AvgIpc) is 2.76. The number of aryl methyl sites for hydroxylation is 1. The Labute approximate surface area is 132 Å². The molecule has 1 atom stereocenters. The molecule has 1 aliphatic rings. The minimum absolute atomic E-state index is 0.0284. The van der Waals surface area contributed by atoms with Crippen molar-refractivity contribution in [1.29, 1.82) is 0 Å². The van der Waals surface area contributed by atoms with Gasteiger partial charge in [-0.15, -0.1) is 0 Å². The molecule has 1 fully saturated rings. The zero-order valence-corrected chi connectivity index (χ0v) is 14.1. The molecule has 1 aromatic carbocycles. The van der Waals surface area contributed by atoms with E-state index in [2.05, 4.69) is 25.2 Å². The van der Waals surface area contributed by atoms with Crippen LogP contribution < -0.4 is 10.1 Å². The van der Waals surface area contributed by atoms with E-state index in [4.69, 9.17) is 4.74 Å². The van der Waals surface area contributed by atoms with Crippen LogP contribution in [0.25, 0.3) is 0 Å². The molecule has 1 amide bonds. The number of sulfone groups is 1. The molecule has 0 aliphatic carbocycles. The number of carbonyl (C=O) groups excluding carboxylic acids is 1. The fourth-order valence-corrected chi connectivity index (χ4v) is 4.13. The quantitative estimate of drug-likeness (QED) is 0.896. The smallest absolute Gasteiger partial charge is 0.258 e. The van der Waals surface area contributed by atoms with E-state index in [1.807, 2.05) is 19.1 Å². The molecule has 0 radical (unpaired) electrons. The lowest BCUT2D eigenvalue weighted by Crippen LogP contribution is -2.38. The minimum Gasteiger partial charge on any atom is -0.483 e. The largest absolute Gasteiger partial charge is 0.483 e. The summed E-state index contributed by atoms with van der Waals surface area (Å²) in [6.45, 7) is 6.03. The van der Waals surface area contributed by atoms with Gasteiger partial charge >= 0.3 is 0 Å². The normalized spacial score (nSPS) is 20.1. The molecule has 1 unspecified atom stereocenters. The Bertz CT molecular complexity index is 652. The van der Waals surface area contributed by atoms with Gasteiger partial charge in [-0.25, -0.2) is 8.42 Å². The maximum Gasteiger partial charge on any atom is 0.258 e. The molecule has 1 N–H and O–H groups in total. The Hall–Kier alpha value is -1.56. The number of benzene rings is 1. The van der Waals surface area contributed by atoms with E-state index in [9.17, 15) is 13.2 Å². The lowest BCUT2D eigenvalue weighted by Gasteiger charge is -2.14. The Morgan fingerprint density at radius 1 is 1.41 bits per heavy atom. The van der Waals surface area contributed by atoms with Gasteiger partial charge in [0.15, 0.2) is 16.4 Å². The highest BCUT2D eigenvalue weighted by Crippen LogP contribution is 2.24. The molecule has 2 rings (SSSR count). The Balaban J connectivity index is 1.90. The van der Waals surface area contributed by atoms with E-state index in [1.165, 1.54) is 0 Å². The molecule has 122 valence electrons. The van der Waals surface area contributed by atoms with Crippen LogP contribution in [0.5, 0.6) is 5.75 Å². The fourth-order valence-electron chi connectivity index (χ4n) is 2.45. The average molecular weight is 325 g/mol. The lowest BCUT2D eigenvalue weighted by atomic mass is 10.0. The summed E-state index contributed by atoms with van der Waals surface area (Å²) in [4.78, 5) is 11.9. The highest BCUT2D eigenvalue weighted by molar-refractivity contribution is 7.91. The first-order chi connectivity index (χ1) is 10.3. The predicted octanol–water partition coefficient (Wildman–Crippen LogP) is 1.80.